The predicted octanol–water partition coefficient (Wildman–Crippen LogP) is 2.39. The monoisotopic (exact) mass is 322 g/mol. The second-order valence-corrected chi connectivity index (χ2v) is 6.24. The van der Waals surface area contributed by atoms with Crippen LogP contribution in [0.25, 0.3) is 0 Å². The van der Waals surface area contributed by atoms with E-state index in [1.54, 1.807) is 12.3 Å². The number of anilines is 1. The number of aromatic nitrogens is 1. The van der Waals surface area contributed by atoms with E-state index >= 15 is 0 Å². The number of hydrogen-bond acceptors (Lipinski definition) is 4. The molecule has 0 saturated heterocycles. The quantitative estimate of drug-likeness (QED) is 0.873. The minimum Gasteiger partial charge on any atom is -0.479 e. The summed E-state index contributed by atoms with van der Waals surface area (Å²) in [4.78, 5) is 3.97. The Labute approximate surface area is 110 Å². The highest BCUT2D eigenvalue weighted by atomic mass is 79.9. The molecule has 0 fully saturated rings. The van der Waals surface area contributed by atoms with Crippen molar-refractivity contribution in [3.8, 4) is 5.88 Å². The molecule has 17 heavy (non-hydrogen) atoms. The number of ether oxygens (including phenoxy) is 1. The molecule has 7 heteroatoms. The maximum absolute atomic E-state index is 11.7. The van der Waals surface area contributed by atoms with Crippen LogP contribution in [-0.2, 0) is 10.0 Å². The molecule has 0 aromatic carbocycles. The number of halogens is 1. The number of sulfonamides is 1. The zero-order valence-electron chi connectivity index (χ0n) is 9.73. The van der Waals surface area contributed by atoms with Crippen molar-refractivity contribution in [3.05, 3.63) is 16.7 Å². The Hall–Kier alpha value is -0.820. The molecule has 1 heterocycles. The van der Waals surface area contributed by atoms with Crippen LogP contribution in [0.5, 0.6) is 5.88 Å². The Morgan fingerprint density at radius 1 is 1.53 bits per heavy atom. The predicted molar refractivity (Wildman–Crippen MR) is 70.8 cm³/mol. The van der Waals surface area contributed by atoms with Gasteiger partial charge >= 0.3 is 0 Å². The molecule has 0 amide bonds. The molecule has 0 spiro atoms. The van der Waals surface area contributed by atoms with Crippen LogP contribution in [0.3, 0.4) is 0 Å². The summed E-state index contributed by atoms with van der Waals surface area (Å²) in [5, 5.41) is 0. The van der Waals surface area contributed by atoms with Gasteiger partial charge in [0.15, 0.2) is 0 Å². The normalized spacial score (nSPS) is 11.2. The first-order valence-corrected chi connectivity index (χ1v) is 7.63. The average Bonchev–Trinajstić information content (AvgIpc) is 2.26. The summed E-state index contributed by atoms with van der Waals surface area (Å²) in [6, 6.07) is 1.62. The van der Waals surface area contributed by atoms with E-state index in [9.17, 15) is 8.42 Å². The topological polar surface area (TPSA) is 68.3 Å². The van der Waals surface area contributed by atoms with Gasteiger partial charge in [-0.1, -0.05) is 13.3 Å². The fourth-order valence-electron chi connectivity index (χ4n) is 1.22. The van der Waals surface area contributed by atoms with E-state index in [4.69, 9.17) is 4.74 Å². The van der Waals surface area contributed by atoms with Gasteiger partial charge < -0.3 is 4.74 Å². The van der Waals surface area contributed by atoms with Gasteiger partial charge in [0.1, 0.15) is 5.69 Å². The lowest BCUT2D eigenvalue weighted by Crippen LogP contribution is -2.17. The molecular weight excluding hydrogens is 308 g/mol. The van der Waals surface area contributed by atoms with E-state index in [2.05, 4.69) is 25.6 Å². The van der Waals surface area contributed by atoms with Gasteiger partial charge in [0.25, 0.3) is 0 Å². The number of nitrogens with zero attached hydrogens (tertiary/aromatic N) is 1. The molecule has 1 rings (SSSR count). The summed E-state index contributed by atoms with van der Waals surface area (Å²) in [6.07, 6.45) is 3.00. The zero-order chi connectivity index (χ0) is 12.9. The summed E-state index contributed by atoms with van der Waals surface area (Å²) in [5.41, 5.74) is 0.345. The van der Waals surface area contributed by atoms with Crippen LogP contribution in [-0.4, -0.2) is 26.3 Å². The Bertz CT molecular complexity index is 476. The standard InChI is InChI=1S/C10H15BrN2O3S/c1-3-4-5-17(14,15)13-9-6-8(11)7-12-10(9)16-2/h6-7,13H,3-5H2,1-2H3. The molecule has 0 aliphatic rings. The fourth-order valence-corrected chi connectivity index (χ4v) is 2.80. The summed E-state index contributed by atoms with van der Waals surface area (Å²) in [5.74, 6) is 0.354. The minimum absolute atomic E-state index is 0.0964. The third kappa shape index (κ3) is 4.51. The Morgan fingerprint density at radius 3 is 2.82 bits per heavy atom. The van der Waals surface area contributed by atoms with Gasteiger partial charge in [0, 0.05) is 10.7 Å². The van der Waals surface area contributed by atoms with E-state index in [0.29, 0.717) is 16.6 Å². The number of rotatable bonds is 6. The molecule has 0 unspecified atom stereocenters. The van der Waals surface area contributed by atoms with Crippen LogP contribution in [0.4, 0.5) is 5.69 Å². The van der Waals surface area contributed by atoms with Crippen molar-refractivity contribution in [1.29, 1.82) is 0 Å². The van der Waals surface area contributed by atoms with Gasteiger partial charge in [-0.15, -0.1) is 0 Å². The Morgan fingerprint density at radius 2 is 2.24 bits per heavy atom. The van der Waals surface area contributed by atoms with E-state index in [-0.39, 0.29) is 11.6 Å². The molecule has 96 valence electrons. The number of unbranched alkanes of at least 4 members (excludes halogenated alkanes) is 1. The summed E-state index contributed by atoms with van der Waals surface area (Å²) in [7, 11) is -1.89. The van der Waals surface area contributed by atoms with Gasteiger partial charge in [-0.2, -0.15) is 0 Å². The molecular formula is C10H15BrN2O3S. The lowest BCUT2D eigenvalue weighted by atomic mass is 10.4. The number of methoxy groups -OCH3 is 1. The van der Waals surface area contributed by atoms with Crippen molar-refractivity contribution in [2.24, 2.45) is 0 Å². The van der Waals surface area contributed by atoms with Crippen LogP contribution in [0, 0.1) is 0 Å². The van der Waals surface area contributed by atoms with E-state index in [1.165, 1.54) is 7.11 Å². The van der Waals surface area contributed by atoms with Gasteiger partial charge in [-0.05, 0) is 28.4 Å². The minimum atomic E-state index is -3.34. The second-order valence-electron chi connectivity index (χ2n) is 3.48. The zero-order valence-corrected chi connectivity index (χ0v) is 12.1. The SMILES string of the molecule is CCCCS(=O)(=O)Nc1cc(Br)cnc1OC. The first-order valence-electron chi connectivity index (χ1n) is 5.18. The van der Waals surface area contributed by atoms with Gasteiger partial charge in [0.2, 0.25) is 15.9 Å². The van der Waals surface area contributed by atoms with Gasteiger partial charge in [0.05, 0.1) is 12.9 Å². The van der Waals surface area contributed by atoms with Gasteiger partial charge in [-0.3, -0.25) is 4.72 Å². The Balaban J connectivity index is 2.90. The number of pyridine rings is 1. The van der Waals surface area contributed by atoms with Crippen molar-refractivity contribution in [2.45, 2.75) is 19.8 Å². The smallest absolute Gasteiger partial charge is 0.238 e. The third-order valence-corrected chi connectivity index (χ3v) is 3.83. The van der Waals surface area contributed by atoms with Crippen LogP contribution in [0.2, 0.25) is 0 Å². The summed E-state index contributed by atoms with van der Waals surface area (Å²) < 4.78 is 31.6. The van der Waals surface area contributed by atoms with Crippen LogP contribution in [0.1, 0.15) is 19.8 Å². The van der Waals surface area contributed by atoms with E-state index < -0.39 is 10.0 Å². The molecule has 0 radical (unpaired) electrons. The molecule has 0 bridgehead atoms. The molecule has 0 saturated carbocycles. The lowest BCUT2D eigenvalue weighted by Gasteiger charge is -2.10. The van der Waals surface area contributed by atoms with Crippen LogP contribution >= 0.6 is 15.9 Å². The van der Waals surface area contributed by atoms with Crippen molar-refractivity contribution >= 4 is 31.6 Å². The molecule has 1 N–H and O–H groups in total. The molecule has 1 aromatic heterocycles. The van der Waals surface area contributed by atoms with Crippen LogP contribution in [0.15, 0.2) is 16.7 Å². The molecule has 0 aliphatic heterocycles. The van der Waals surface area contributed by atoms with Crippen molar-refractivity contribution in [3.63, 3.8) is 0 Å². The van der Waals surface area contributed by atoms with E-state index in [1.807, 2.05) is 6.92 Å². The lowest BCUT2D eigenvalue weighted by molar-refractivity contribution is 0.400. The summed E-state index contributed by atoms with van der Waals surface area (Å²) >= 11 is 3.23. The van der Waals surface area contributed by atoms with Gasteiger partial charge in [-0.25, -0.2) is 13.4 Å². The third-order valence-electron chi connectivity index (χ3n) is 2.04. The highest BCUT2D eigenvalue weighted by molar-refractivity contribution is 9.10. The van der Waals surface area contributed by atoms with Crippen molar-refractivity contribution < 1.29 is 13.2 Å². The molecule has 1 aromatic rings. The second kappa shape index (κ2) is 6.20. The Kier molecular flexibility index (Phi) is 5.20. The summed E-state index contributed by atoms with van der Waals surface area (Å²) in [6.45, 7) is 1.94. The number of hydrogen-bond donors (Lipinski definition) is 1. The van der Waals surface area contributed by atoms with E-state index in [0.717, 1.165) is 6.42 Å². The average molecular weight is 323 g/mol. The fraction of sp³-hybridized carbons (Fsp3) is 0.500. The maximum atomic E-state index is 11.7. The van der Waals surface area contributed by atoms with Crippen LogP contribution < -0.4 is 9.46 Å². The molecule has 5 nitrogen and oxygen atoms in total. The molecule has 0 aliphatic carbocycles. The van der Waals surface area contributed by atoms with Crippen molar-refractivity contribution in [1.82, 2.24) is 4.98 Å². The largest absolute Gasteiger partial charge is 0.479 e. The first kappa shape index (κ1) is 14.2. The van der Waals surface area contributed by atoms with Crippen molar-refractivity contribution in [2.75, 3.05) is 17.6 Å². The highest BCUT2D eigenvalue weighted by Crippen LogP contribution is 2.25. The number of nitrogens with one attached hydrogen (secondary N) is 1. The maximum Gasteiger partial charge on any atom is 0.238 e. The first-order chi connectivity index (χ1) is 7.98. The highest BCUT2D eigenvalue weighted by Gasteiger charge is 2.14. The molecule has 0 atom stereocenters.